The van der Waals surface area contributed by atoms with E-state index >= 15 is 0 Å². The zero-order chi connectivity index (χ0) is 41.0. The smallest absolute Gasteiger partial charge is 0.407 e. The zero-order valence-corrected chi connectivity index (χ0v) is 34.0. The summed E-state index contributed by atoms with van der Waals surface area (Å²) in [7, 11) is 2.75. The van der Waals surface area contributed by atoms with E-state index in [0.717, 1.165) is 94.4 Å². The number of H-pyrrole nitrogens is 2. The van der Waals surface area contributed by atoms with Crippen LogP contribution in [0.3, 0.4) is 0 Å². The zero-order valence-electron chi connectivity index (χ0n) is 34.0. The molecule has 4 atom stereocenters. The average Bonchev–Trinajstić information content (AvgIpc) is 4.03. The largest absolute Gasteiger partial charge is 0.465 e. The van der Waals surface area contributed by atoms with Gasteiger partial charge in [0.05, 0.1) is 30.6 Å². The summed E-state index contributed by atoms with van der Waals surface area (Å²) in [5, 5.41) is 12.4. The van der Waals surface area contributed by atoms with Crippen molar-refractivity contribution in [1.29, 1.82) is 0 Å². The number of amides is 4. The second-order valence-corrected chi connectivity index (χ2v) is 15.8. The molecular formula is C43H56N8O6. The van der Waals surface area contributed by atoms with Crippen LogP contribution in [0.4, 0.5) is 9.59 Å². The molecular weight excluding hydrogens is 725 g/mol. The summed E-state index contributed by atoms with van der Waals surface area (Å²) in [5.74, 6) is 0.846. The monoisotopic (exact) mass is 780 g/mol. The Hall–Kier alpha value is -5.66. The lowest BCUT2D eigenvalue weighted by molar-refractivity contribution is -0.138. The summed E-state index contributed by atoms with van der Waals surface area (Å²) in [6.07, 6.45) is 5.05. The minimum atomic E-state index is -1.12. The van der Waals surface area contributed by atoms with Crippen LogP contribution in [0.15, 0.2) is 54.7 Å². The van der Waals surface area contributed by atoms with Gasteiger partial charge in [-0.2, -0.15) is 0 Å². The maximum atomic E-state index is 13.8. The van der Waals surface area contributed by atoms with Gasteiger partial charge < -0.3 is 34.9 Å². The SMILES string of the molecule is CCCc1[nH]c([C@@H]2CCCN2C(=O)[C@H](C(C)C)N(C)C(=O)O)nc1-c1ccc(-c2ccc(-c3c[nH]c(C4CCCN4C(=O)[C@@H](NC(=O)OC)C(C)C)n3)cc2)cc1. The van der Waals surface area contributed by atoms with Gasteiger partial charge in [0.25, 0.3) is 0 Å². The van der Waals surface area contributed by atoms with Gasteiger partial charge in [-0.15, -0.1) is 0 Å². The molecule has 6 rings (SSSR count). The van der Waals surface area contributed by atoms with Crippen LogP contribution in [0.2, 0.25) is 0 Å². The van der Waals surface area contributed by atoms with E-state index < -0.39 is 24.3 Å². The number of carbonyl (C=O) groups is 4. The number of carboxylic acid groups (broad SMARTS) is 1. The molecule has 2 aliphatic heterocycles. The van der Waals surface area contributed by atoms with Crippen molar-refractivity contribution >= 4 is 24.0 Å². The molecule has 0 radical (unpaired) electrons. The van der Waals surface area contributed by atoms with Crippen molar-refractivity contribution in [3.63, 3.8) is 0 Å². The Bertz CT molecular complexity index is 2040. The second kappa shape index (κ2) is 17.6. The van der Waals surface area contributed by atoms with Crippen LogP contribution >= 0.6 is 0 Å². The van der Waals surface area contributed by atoms with Crippen LogP contribution < -0.4 is 5.32 Å². The van der Waals surface area contributed by atoms with Crippen LogP contribution in [-0.2, 0) is 20.7 Å². The van der Waals surface area contributed by atoms with Crippen molar-refractivity contribution < 1.29 is 29.0 Å². The molecule has 0 bridgehead atoms. The lowest BCUT2D eigenvalue weighted by atomic mass is 10.00. The molecule has 1 unspecified atom stereocenters. The maximum absolute atomic E-state index is 13.8. The number of benzene rings is 2. The molecule has 304 valence electrons. The van der Waals surface area contributed by atoms with Crippen LogP contribution in [0.25, 0.3) is 33.6 Å². The number of nitrogens with one attached hydrogen (secondary N) is 3. The number of hydrogen-bond acceptors (Lipinski definition) is 7. The number of aryl methyl sites for hydroxylation is 1. The maximum Gasteiger partial charge on any atom is 0.407 e. The predicted octanol–water partition coefficient (Wildman–Crippen LogP) is 7.43. The number of hydrogen-bond donors (Lipinski definition) is 4. The number of nitrogens with zero attached hydrogens (tertiary/aromatic N) is 5. The lowest BCUT2D eigenvalue weighted by Gasteiger charge is -2.33. The van der Waals surface area contributed by atoms with E-state index in [1.54, 1.807) is 9.80 Å². The second-order valence-electron chi connectivity index (χ2n) is 15.8. The third kappa shape index (κ3) is 8.69. The van der Waals surface area contributed by atoms with Crippen molar-refractivity contribution in [1.82, 2.24) is 40.0 Å². The topological polar surface area (TPSA) is 177 Å². The standard InChI is InChI=1S/C43H56N8O6/c1-8-11-31-36(47-39(45-31)34-13-10-23-51(34)41(53)37(26(4)5)49(6)43(55)56)30-20-16-28(17-21-30)27-14-18-29(19-15-27)32-24-44-38(46-32)33-12-9-22-50(33)40(52)35(25(2)3)48-42(54)57-7/h14-21,24-26,33-35,37H,8-13,22-23H2,1-7H3,(H,44,46)(H,45,47)(H,48,54)(H,55,56)/t33?,34-,35-,37-/m0/s1. The molecule has 4 aromatic rings. The number of likely N-dealkylation sites (N-methyl/N-ethyl adjacent to an activating group) is 1. The van der Waals surface area contributed by atoms with Gasteiger partial charge in [0, 0.05) is 43.2 Å². The first-order valence-corrected chi connectivity index (χ1v) is 20.1. The Morgan fingerprint density at radius 3 is 1.95 bits per heavy atom. The van der Waals surface area contributed by atoms with Crippen molar-refractivity contribution in [3.8, 4) is 33.6 Å². The Balaban J connectivity index is 1.16. The van der Waals surface area contributed by atoms with Crippen molar-refractivity contribution in [3.05, 3.63) is 72.1 Å². The fraction of sp³-hybridized carbons (Fsp3) is 0.488. The lowest BCUT2D eigenvalue weighted by Crippen LogP contribution is -2.51. The highest BCUT2D eigenvalue weighted by molar-refractivity contribution is 5.87. The summed E-state index contributed by atoms with van der Waals surface area (Å²) in [6.45, 7) is 10.8. The minimum Gasteiger partial charge on any atom is -0.465 e. The Morgan fingerprint density at radius 2 is 1.40 bits per heavy atom. The summed E-state index contributed by atoms with van der Waals surface area (Å²) < 4.78 is 4.76. The summed E-state index contributed by atoms with van der Waals surface area (Å²) in [4.78, 5) is 72.7. The third-order valence-corrected chi connectivity index (χ3v) is 11.3. The number of aromatic nitrogens is 4. The number of methoxy groups -OCH3 is 1. The van der Waals surface area contributed by atoms with Gasteiger partial charge in [0.15, 0.2) is 0 Å². The number of likely N-dealkylation sites (tertiary alicyclic amines) is 2. The fourth-order valence-corrected chi connectivity index (χ4v) is 8.26. The Labute approximate surface area is 334 Å². The molecule has 14 nitrogen and oxygen atoms in total. The molecule has 0 spiro atoms. The molecule has 0 aliphatic carbocycles. The predicted molar refractivity (Wildman–Crippen MR) is 217 cm³/mol. The number of rotatable bonds is 13. The normalized spacial score (nSPS) is 17.9. The average molecular weight is 781 g/mol. The molecule has 14 heteroatoms. The number of imidazole rings is 2. The molecule has 2 aromatic heterocycles. The highest BCUT2D eigenvalue weighted by Gasteiger charge is 2.40. The van der Waals surface area contributed by atoms with E-state index in [1.807, 2.05) is 46.0 Å². The fourth-order valence-electron chi connectivity index (χ4n) is 8.26. The highest BCUT2D eigenvalue weighted by Crippen LogP contribution is 2.36. The first kappa shape index (κ1) is 41.0. The Kier molecular flexibility index (Phi) is 12.7. The van der Waals surface area contributed by atoms with Gasteiger partial charge in [-0.25, -0.2) is 19.6 Å². The first-order valence-electron chi connectivity index (χ1n) is 20.1. The van der Waals surface area contributed by atoms with E-state index in [1.165, 1.54) is 14.2 Å². The first-order chi connectivity index (χ1) is 27.3. The van der Waals surface area contributed by atoms with Crippen LogP contribution in [0, 0.1) is 11.8 Å². The van der Waals surface area contributed by atoms with Crippen LogP contribution in [0.1, 0.15) is 96.1 Å². The Morgan fingerprint density at radius 1 is 0.842 bits per heavy atom. The number of aromatic amines is 2. The molecule has 2 fully saturated rings. The number of carbonyl (C=O) groups excluding carboxylic acids is 3. The molecule has 4 heterocycles. The van der Waals surface area contributed by atoms with Crippen molar-refractivity contribution in [2.24, 2.45) is 11.8 Å². The highest BCUT2D eigenvalue weighted by atomic mass is 16.5. The molecule has 2 aliphatic rings. The van der Waals surface area contributed by atoms with Crippen LogP contribution in [-0.4, -0.2) is 103 Å². The van der Waals surface area contributed by atoms with E-state index in [9.17, 15) is 24.3 Å². The van der Waals surface area contributed by atoms with Gasteiger partial charge >= 0.3 is 12.2 Å². The summed E-state index contributed by atoms with van der Waals surface area (Å²) >= 11 is 0. The van der Waals surface area contributed by atoms with Gasteiger partial charge in [-0.3, -0.25) is 14.5 Å². The molecule has 2 aromatic carbocycles. The number of alkyl carbamates (subject to hydrolysis) is 1. The van der Waals surface area contributed by atoms with E-state index in [-0.39, 0.29) is 35.7 Å². The van der Waals surface area contributed by atoms with Crippen molar-refractivity contribution in [2.45, 2.75) is 97.3 Å². The van der Waals surface area contributed by atoms with Gasteiger partial charge in [-0.1, -0.05) is 89.6 Å². The molecule has 0 saturated carbocycles. The van der Waals surface area contributed by atoms with E-state index in [2.05, 4.69) is 58.6 Å². The van der Waals surface area contributed by atoms with E-state index in [4.69, 9.17) is 14.7 Å². The third-order valence-electron chi connectivity index (χ3n) is 11.3. The summed E-state index contributed by atoms with van der Waals surface area (Å²) in [6, 6.07) is 14.6. The molecule has 4 amide bonds. The van der Waals surface area contributed by atoms with E-state index in [0.29, 0.717) is 13.1 Å². The minimum absolute atomic E-state index is 0.109. The summed E-state index contributed by atoms with van der Waals surface area (Å²) in [5.41, 5.74) is 6.70. The van der Waals surface area contributed by atoms with Gasteiger partial charge in [0.2, 0.25) is 11.8 Å². The quantitative estimate of drug-likeness (QED) is 0.108. The molecule has 57 heavy (non-hydrogen) atoms. The molecule has 4 N–H and O–H groups in total. The molecule has 2 saturated heterocycles. The number of ether oxygens (including phenoxy) is 1. The van der Waals surface area contributed by atoms with Gasteiger partial charge in [0.1, 0.15) is 23.7 Å². The van der Waals surface area contributed by atoms with Crippen molar-refractivity contribution in [2.75, 3.05) is 27.2 Å². The van der Waals surface area contributed by atoms with Crippen LogP contribution in [0.5, 0.6) is 0 Å². The van der Waals surface area contributed by atoms with Gasteiger partial charge in [-0.05, 0) is 55.1 Å².